The van der Waals surface area contributed by atoms with Gasteiger partial charge in [-0.2, -0.15) is 0 Å². The molecule has 7 heteroatoms. The van der Waals surface area contributed by atoms with Crippen molar-refractivity contribution in [3.05, 3.63) is 41.8 Å². The SMILES string of the molecule is O=C(O)CN(CC(=O)O)Cc1ccc(F)c2cccnc12. The first-order chi connectivity index (χ1) is 9.97. The number of hydrogen-bond donors (Lipinski definition) is 2. The maximum atomic E-state index is 13.7. The van der Waals surface area contributed by atoms with E-state index in [1.807, 2.05) is 0 Å². The molecule has 0 radical (unpaired) electrons. The molecule has 1 heterocycles. The molecule has 2 N–H and O–H groups in total. The van der Waals surface area contributed by atoms with Crippen molar-refractivity contribution in [2.24, 2.45) is 0 Å². The van der Waals surface area contributed by atoms with E-state index in [2.05, 4.69) is 4.98 Å². The van der Waals surface area contributed by atoms with E-state index in [0.717, 1.165) is 0 Å². The second kappa shape index (κ2) is 6.27. The van der Waals surface area contributed by atoms with E-state index in [0.29, 0.717) is 16.5 Å². The highest BCUT2D eigenvalue weighted by atomic mass is 19.1. The van der Waals surface area contributed by atoms with E-state index in [9.17, 15) is 14.0 Å². The van der Waals surface area contributed by atoms with Crippen molar-refractivity contribution < 1.29 is 24.2 Å². The number of aliphatic carboxylic acids is 2. The van der Waals surface area contributed by atoms with Gasteiger partial charge in [-0.05, 0) is 23.8 Å². The molecule has 0 aliphatic heterocycles. The highest BCUT2D eigenvalue weighted by Crippen LogP contribution is 2.20. The minimum absolute atomic E-state index is 0.0619. The zero-order chi connectivity index (χ0) is 15.4. The highest BCUT2D eigenvalue weighted by Gasteiger charge is 2.16. The smallest absolute Gasteiger partial charge is 0.317 e. The number of pyridine rings is 1. The number of carboxylic acids is 2. The van der Waals surface area contributed by atoms with Crippen LogP contribution in [0.3, 0.4) is 0 Å². The Bertz CT molecular complexity index is 674. The zero-order valence-corrected chi connectivity index (χ0v) is 11.0. The van der Waals surface area contributed by atoms with Gasteiger partial charge in [-0.25, -0.2) is 4.39 Å². The van der Waals surface area contributed by atoms with E-state index >= 15 is 0 Å². The lowest BCUT2D eigenvalue weighted by atomic mass is 10.1. The van der Waals surface area contributed by atoms with Gasteiger partial charge in [0, 0.05) is 18.1 Å². The maximum absolute atomic E-state index is 13.7. The summed E-state index contributed by atoms with van der Waals surface area (Å²) in [5, 5.41) is 18.0. The van der Waals surface area contributed by atoms with Crippen LogP contribution in [0.4, 0.5) is 4.39 Å². The van der Waals surface area contributed by atoms with Crippen LogP contribution in [0.2, 0.25) is 0 Å². The Morgan fingerprint density at radius 3 is 2.43 bits per heavy atom. The van der Waals surface area contributed by atoms with Gasteiger partial charge >= 0.3 is 11.9 Å². The van der Waals surface area contributed by atoms with Gasteiger partial charge < -0.3 is 10.2 Å². The molecular weight excluding hydrogens is 279 g/mol. The summed E-state index contributed by atoms with van der Waals surface area (Å²) < 4.78 is 13.7. The highest BCUT2D eigenvalue weighted by molar-refractivity contribution is 5.82. The molecule has 0 saturated heterocycles. The molecule has 6 nitrogen and oxygen atoms in total. The van der Waals surface area contributed by atoms with Crippen molar-refractivity contribution in [3.8, 4) is 0 Å². The number of rotatable bonds is 6. The third-order valence-electron chi connectivity index (χ3n) is 2.91. The number of halogens is 1. The molecule has 1 aromatic heterocycles. The molecule has 0 aliphatic rings. The Morgan fingerprint density at radius 1 is 1.14 bits per heavy atom. The Kier molecular flexibility index (Phi) is 4.44. The van der Waals surface area contributed by atoms with Crippen molar-refractivity contribution >= 4 is 22.8 Å². The van der Waals surface area contributed by atoms with Gasteiger partial charge in [-0.1, -0.05) is 6.07 Å². The van der Waals surface area contributed by atoms with Crippen molar-refractivity contribution in [1.82, 2.24) is 9.88 Å². The molecular formula is C14H13FN2O4. The summed E-state index contributed by atoms with van der Waals surface area (Å²) in [6.07, 6.45) is 1.50. The fraction of sp³-hybridized carbons (Fsp3) is 0.214. The third-order valence-corrected chi connectivity index (χ3v) is 2.91. The minimum atomic E-state index is -1.13. The summed E-state index contributed by atoms with van der Waals surface area (Å²) in [5.41, 5.74) is 0.979. The predicted octanol–water partition coefficient (Wildman–Crippen LogP) is 1.35. The summed E-state index contributed by atoms with van der Waals surface area (Å²) in [6.45, 7) is -0.775. The number of benzene rings is 1. The number of carbonyl (C=O) groups is 2. The molecule has 21 heavy (non-hydrogen) atoms. The molecule has 0 bridgehead atoms. The number of carboxylic acid groups (broad SMARTS) is 2. The van der Waals surface area contributed by atoms with Crippen LogP contribution in [0.15, 0.2) is 30.5 Å². The first-order valence-electron chi connectivity index (χ1n) is 6.15. The summed E-state index contributed by atoms with van der Waals surface area (Å²) >= 11 is 0. The molecule has 0 saturated carbocycles. The van der Waals surface area contributed by atoms with Gasteiger partial charge in [-0.15, -0.1) is 0 Å². The largest absolute Gasteiger partial charge is 0.480 e. The van der Waals surface area contributed by atoms with Crippen molar-refractivity contribution in [2.75, 3.05) is 13.1 Å². The summed E-state index contributed by atoms with van der Waals surface area (Å²) in [6, 6.07) is 5.92. The lowest BCUT2D eigenvalue weighted by Crippen LogP contribution is -2.34. The fourth-order valence-electron chi connectivity index (χ4n) is 2.12. The van der Waals surface area contributed by atoms with E-state index in [1.54, 1.807) is 12.1 Å². The zero-order valence-electron chi connectivity index (χ0n) is 11.0. The summed E-state index contributed by atoms with van der Waals surface area (Å²) in [7, 11) is 0. The molecule has 2 aromatic rings. The van der Waals surface area contributed by atoms with Gasteiger partial charge in [0.25, 0.3) is 0 Å². The van der Waals surface area contributed by atoms with Crippen LogP contribution in [0.1, 0.15) is 5.56 Å². The second-order valence-corrected chi connectivity index (χ2v) is 4.54. The molecule has 0 aliphatic carbocycles. The van der Waals surface area contributed by atoms with Crippen LogP contribution in [-0.2, 0) is 16.1 Å². The molecule has 0 atom stereocenters. The van der Waals surface area contributed by atoms with Gasteiger partial charge in [-0.3, -0.25) is 19.5 Å². The van der Waals surface area contributed by atoms with Gasteiger partial charge in [0.2, 0.25) is 0 Å². The Hall–Kier alpha value is -2.54. The lowest BCUT2D eigenvalue weighted by Gasteiger charge is -2.18. The lowest BCUT2D eigenvalue weighted by molar-refractivity contribution is -0.142. The number of aromatic nitrogens is 1. The molecule has 110 valence electrons. The Balaban J connectivity index is 2.34. The third kappa shape index (κ3) is 3.73. The standard InChI is InChI=1S/C14H13FN2O4/c15-11-4-3-9(14-10(11)2-1-5-16-14)6-17(7-12(18)19)8-13(20)21/h1-5H,6-8H2,(H,18,19)(H,20,21). The molecule has 0 spiro atoms. The molecule has 1 aromatic carbocycles. The first-order valence-corrected chi connectivity index (χ1v) is 6.15. The fourth-order valence-corrected chi connectivity index (χ4v) is 2.12. The molecule has 0 amide bonds. The monoisotopic (exact) mass is 292 g/mol. The Morgan fingerprint density at radius 2 is 1.81 bits per heavy atom. The van der Waals surface area contributed by atoms with Gasteiger partial charge in [0.15, 0.2) is 0 Å². The second-order valence-electron chi connectivity index (χ2n) is 4.54. The summed E-state index contributed by atoms with van der Waals surface area (Å²) in [4.78, 5) is 26.9. The van der Waals surface area contributed by atoms with Crippen LogP contribution < -0.4 is 0 Å². The quantitative estimate of drug-likeness (QED) is 0.835. The topological polar surface area (TPSA) is 90.7 Å². The van der Waals surface area contributed by atoms with E-state index in [4.69, 9.17) is 10.2 Å². The Labute approximate surface area is 119 Å². The molecule has 2 rings (SSSR count). The average molecular weight is 292 g/mol. The van der Waals surface area contributed by atoms with Crippen LogP contribution in [0, 0.1) is 5.82 Å². The van der Waals surface area contributed by atoms with Crippen LogP contribution >= 0.6 is 0 Å². The van der Waals surface area contributed by atoms with Crippen molar-refractivity contribution in [2.45, 2.75) is 6.54 Å². The normalized spacial score (nSPS) is 11.0. The van der Waals surface area contributed by atoms with E-state index in [-0.39, 0.29) is 6.54 Å². The van der Waals surface area contributed by atoms with Gasteiger partial charge in [0.05, 0.1) is 18.6 Å². The minimum Gasteiger partial charge on any atom is -0.480 e. The predicted molar refractivity (Wildman–Crippen MR) is 72.2 cm³/mol. The van der Waals surface area contributed by atoms with E-state index in [1.165, 1.54) is 23.2 Å². The molecule has 0 fully saturated rings. The van der Waals surface area contributed by atoms with Crippen molar-refractivity contribution in [1.29, 1.82) is 0 Å². The van der Waals surface area contributed by atoms with Gasteiger partial charge in [0.1, 0.15) is 5.82 Å². The van der Waals surface area contributed by atoms with Crippen LogP contribution in [0.25, 0.3) is 10.9 Å². The molecule has 0 unspecified atom stereocenters. The number of hydrogen-bond acceptors (Lipinski definition) is 4. The first kappa shape index (κ1) is 14.9. The van der Waals surface area contributed by atoms with E-state index < -0.39 is 30.8 Å². The van der Waals surface area contributed by atoms with Crippen molar-refractivity contribution in [3.63, 3.8) is 0 Å². The summed E-state index contributed by atoms with van der Waals surface area (Å²) in [5.74, 6) is -2.68. The average Bonchev–Trinajstić information content (AvgIpc) is 2.41. The number of fused-ring (bicyclic) bond motifs is 1. The number of nitrogens with zero attached hydrogens (tertiary/aromatic N) is 2. The van der Waals surface area contributed by atoms with Crippen LogP contribution in [0.5, 0.6) is 0 Å². The van der Waals surface area contributed by atoms with Crippen LogP contribution in [-0.4, -0.2) is 45.1 Å². The maximum Gasteiger partial charge on any atom is 0.317 e.